The Labute approximate surface area is 217 Å². The van der Waals surface area contributed by atoms with Crippen molar-refractivity contribution in [3.8, 4) is 0 Å². The average molecular weight is 501 g/mol. The minimum atomic E-state index is -0.695. The lowest BCUT2D eigenvalue weighted by molar-refractivity contribution is -0.120. The Hall–Kier alpha value is -4.33. The van der Waals surface area contributed by atoms with Gasteiger partial charge < -0.3 is 20.3 Å². The van der Waals surface area contributed by atoms with E-state index in [0.717, 1.165) is 16.8 Å². The first-order chi connectivity index (χ1) is 17.7. The molecule has 192 valence electrons. The van der Waals surface area contributed by atoms with Crippen molar-refractivity contribution < 1.29 is 19.1 Å². The molecule has 1 heterocycles. The number of carbonyl (C=O) groups is 3. The van der Waals surface area contributed by atoms with Crippen molar-refractivity contribution in [2.45, 2.75) is 51.8 Å². The molecule has 0 saturated carbocycles. The number of aryl methyl sites for hydroxylation is 1. The van der Waals surface area contributed by atoms with Crippen LogP contribution < -0.4 is 20.9 Å². The van der Waals surface area contributed by atoms with Gasteiger partial charge in [0.15, 0.2) is 0 Å². The average Bonchev–Trinajstić information content (AvgIpc) is 2.96. The van der Waals surface area contributed by atoms with Crippen molar-refractivity contribution in [2.75, 3.05) is 15.5 Å². The molecule has 0 saturated heterocycles. The van der Waals surface area contributed by atoms with E-state index in [1.807, 2.05) is 60.7 Å². The number of urea groups is 1. The van der Waals surface area contributed by atoms with E-state index in [1.54, 1.807) is 43.9 Å². The maximum absolute atomic E-state index is 13.7. The third-order valence-electron chi connectivity index (χ3n) is 5.80. The molecular formula is C29H32N4O4. The smallest absolute Gasteiger partial charge is 0.412 e. The second kappa shape index (κ2) is 11.2. The molecule has 0 bridgehead atoms. The maximum Gasteiger partial charge on any atom is 0.412 e. The van der Waals surface area contributed by atoms with Crippen LogP contribution in [0.15, 0.2) is 78.9 Å². The summed E-state index contributed by atoms with van der Waals surface area (Å²) in [7, 11) is 0. The van der Waals surface area contributed by atoms with Gasteiger partial charge in [0.1, 0.15) is 11.6 Å². The Bertz CT molecular complexity index is 1270. The summed E-state index contributed by atoms with van der Waals surface area (Å²) < 4.78 is 5.34. The van der Waals surface area contributed by atoms with Crippen LogP contribution in [0.1, 0.15) is 38.3 Å². The molecule has 8 nitrogen and oxygen atoms in total. The highest BCUT2D eigenvalue weighted by Gasteiger charge is 2.31. The first kappa shape index (κ1) is 25.8. The number of nitrogens with zero attached hydrogens (tertiary/aromatic N) is 1. The fourth-order valence-electron chi connectivity index (χ4n) is 4.21. The number of carbonyl (C=O) groups excluding carboxylic acids is 3. The molecule has 1 unspecified atom stereocenters. The van der Waals surface area contributed by atoms with Gasteiger partial charge in [0, 0.05) is 17.1 Å². The number of hydrogen-bond donors (Lipinski definition) is 3. The zero-order chi connectivity index (χ0) is 26.4. The summed E-state index contributed by atoms with van der Waals surface area (Å²) in [6.45, 7) is 5.68. The molecule has 3 aromatic carbocycles. The van der Waals surface area contributed by atoms with E-state index in [4.69, 9.17) is 4.74 Å². The van der Waals surface area contributed by atoms with E-state index in [9.17, 15) is 14.4 Å². The lowest BCUT2D eigenvalue weighted by Gasteiger charge is -2.27. The van der Waals surface area contributed by atoms with Crippen molar-refractivity contribution in [1.82, 2.24) is 5.32 Å². The number of fused-ring (bicyclic) bond motifs is 1. The van der Waals surface area contributed by atoms with Gasteiger partial charge in [-0.25, -0.2) is 9.59 Å². The molecule has 4 rings (SSSR count). The van der Waals surface area contributed by atoms with Crippen LogP contribution in [-0.2, 0) is 22.5 Å². The lowest BCUT2D eigenvalue weighted by atomic mass is 10.1. The van der Waals surface area contributed by atoms with Crippen molar-refractivity contribution in [3.63, 3.8) is 0 Å². The normalized spacial score (nSPS) is 15.3. The minimum Gasteiger partial charge on any atom is -0.444 e. The Balaban J connectivity index is 1.52. The molecule has 1 aliphatic heterocycles. The van der Waals surface area contributed by atoms with Crippen LogP contribution in [0.25, 0.3) is 0 Å². The summed E-state index contributed by atoms with van der Waals surface area (Å²) in [6.07, 6.45) is 0.582. The van der Waals surface area contributed by atoms with Crippen LogP contribution in [-0.4, -0.2) is 29.7 Å². The van der Waals surface area contributed by atoms with Gasteiger partial charge in [-0.05, 0) is 75.1 Å². The van der Waals surface area contributed by atoms with Crippen molar-refractivity contribution >= 4 is 35.1 Å². The molecule has 0 radical (unpaired) electrons. The van der Waals surface area contributed by atoms with Gasteiger partial charge in [-0.2, -0.15) is 0 Å². The molecule has 8 heteroatoms. The van der Waals surface area contributed by atoms with E-state index < -0.39 is 23.8 Å². The van der Waals surface area contributed by atoms with Gasteiger partial charge >= 0.3 is 12.1 Å². The molecular weight excluding hydrogens is 468 g/mol. The van der Waals surface area contributed by atoms with E-state index in [2.05, 4.69) is 16.0 Å². The number of ether oxygens (including phenoxy) is 1. The Morgan fingerprint density at radius 3 is 2.38 bits per heavy atom. The zero-order valence-electron chi connectivity index (χ0n) is 21.3. The molecule has 0 aliphatic carbocycles. The molecule has 3 N–H and O–H groups in total. The Kier molecular flexibility index (Phi) is 7.77. The van der Waals surface area contributed by atoms with Crippen LogP contribution in [0.4, 0.5) is 26.7 Å². The summed E-state index contributed by atoms with van der Waals surface area (Å²) in [5.74, 6) is -0.196. The third kappa shape index (κ3) is 7.10. The predicted octanol–water partition coefficient (Wildman–Crippen LogP) is 5.70. The monoisotopic (exact) mass is 500 g/mol. The van der Waals surface area contributed by atoms with Crippen LogP contribution in [0.5, 0.6) is 0 Å². The third-order valence-corrected chi connectivity index (χ3v) is 5.80. The lowest BCUT2D eigenvalue weighted by Crippen LogP contribution is -2.49. The fraction of sp³-hybridized carbons (Fsp3) is 0.276. The van der Waals surface area contributed by atoms with E-state index in [-0.39, 0.29) is 12.5 Å². The molecule has 0 aromatic heterocycles. The summed E-state index contributed by atoms with van der Waals surface area (Å²) in [4.78, 5) is 40.3. The second-order valence-corrected chi connectivity index (χ2v) is 9.94. The van der Waals surface area contributed by atoms with Gasteiger partial charge in [0.25, 0.3) is 0 Å². The largest absolute Gasteiger partial charge is 0.444 e. The van der Waals surface area contributed by atoms with Crippen molar-refractivity contribution in [3.05, 3.63) is 90.0 Å². The highest BCUT2D eigenvalue weighted by molar-refractivity contribution is 6.01. The standard InChI is InChI=1S/C29H32N4O4/c1-29(2,3)37-28(36)31-23-14-9-10-20(18-23)19-33-25-15-8-7-11-21(25)16-17-24(26(33)34)32-27(35)30-22-12-5-4-6-13-22/h4-15,18,24H,16-17,19H2,1-3H3,(H,31,36)(H2,30,32,35). The molecule has 0 fully saturated rings. The summed E-state index contributed by atoms with van der Waals surface area (Å²) in [5, 5.41) is 8.38. The molecule has 1 aliphatic rings. The van der Waals surface area contributed by atoms with Gasteiger partial charge in [-0.15, -0.1) is 0 Å². The van der Waals surface area contributed by atoms with Gasteiger partial charge in [0.2, 0.25) is 5.91 Å². The minimum absolute atomic E-state index is 0.196. The Morgan fingerprint density at radius 1 is 0.919 bits per heavy atom. The number of benzene rings is 3. The first-order valence-corrected chi connectivity index (χ1v) is 12.3. The van der Waals surface area contributed by atoms with Crippen LogP contribution in [0.2, 0.25) is 0 Å². The maximum atomic E-state index is 13.7. The summed E-state index contributed by atoms with van der Waals surface area (Å²) >= 11 is 0. The second-order valence-electron chi connectivity index (χ2n) is 9.94. The van der Waals surface area contributed by atoms with Crippen LogP contribution in [0.3, 0.4) is 0 Å². The number of anilines is 3. The topological polar surface area (TPSA) is 99.8 Å². The number of nitrogens with one attached hydrogen (secondary N) is 3. The van der Waals surface area contributed by atoms with Gasteiger partial charge in [-0.1, -0.05) is 48.5 Å². The molecule has 0 spiro atoms. The molecule has 4 amide bonds. The van der Waals surface area contributed by atoms with Crippen molar-refractivity contribution in [1.29, 1.82) is 0 Å². The predicted molar refractivity (Wildman–Crippen MR) is 145 cm³/mol. The number of amides is 4. The number of rotatable bonds is 5. The van der Waals surface area contributed by atoms with Gasteiger partial charge in [0.05, 0.1) is 6.54 Å². The highest BCUT2D eigenvalue weighted by Crippen LogP contribution is 2.29. The van der Waals surface area contributed by atoms with E-state index >= 15 is 0 Å². The SMILES string of the molecule is CC(C)(C)OC(=O)Nc1cccc(CN2C(=O)C(NC(=O)Nc3ccccc3)CCc3ccccc32)c1. The number of hydrogen-bond acceptors (Lipinski definition) is 4. The van der Waals surface area contributed by atoms with E-state index in [0.29, 0.717) is 24.2 Å². The molecule has 37 heavy (non-hydrogen) atoms. The van der Waals surface area contributed by atoms with Crippen molar-refractivity contribution in [2.24, 2.45) is 0 Å². The number of para-hydroxylation sites is 2. The molecule has 1 atom stereocenters. The highest BCUT2D eigenvalue weighted by atomic mass is 16.6. The quantitative estimate of drug-likeness (QED) is 0.418. The first-order valence-electron chi connectivity index (χ1n) is 12.3. The van der Waals surface area contributed by atoms with E-state index in [1.165, 1.54) is 0 Å². The van der Waals surface area contributed by atoms with Crippen LogP contribution in [0, 0.1) is 0 Å². The summed E-state index contributed by atoms with van der Waals surface area (Å²) in [5.41, 5.74) is 3.27. The van der Waals surface area contributed by atoms with Gasteiger partial charge in [-0.3, -0.25) is 10.1 Å². The van der Waals surface area contributed by atoms with Crippen LogP contribution >= 0.6 is 0 Å². The zero-order valence-corrected chi connectivity index (χ0v) is 21.3. The Morgan fingerprint density at radius 2 is 1.62 bits per heavy atom. The summed E-state index contributed by atoms with van der Waals surface area (Å²) in [6, 6.07) is 23.0. The molecule has 3 aromatic rings. The fourth-order valence-corrected chi connectivity index (χ4v) is 4.21.